The minimum absolute atomic E-state index is 0.00407. The van der Waals surface area contributed by atoms with Crippen LogP contribution in [-0.4, -0.2) is 149 Å². The maximum absolute atomic E-state index is 10.6. The summed E-state index contributed by atoms with van der Waals surface area (Å²) in [6, 6.07) is 0. The normalized spacial score (nSPS) is 40.3. The number of aliphatic hydroxyl groups is 7. The first-order chi connectivity index (χ1) is 15.3. The number of hydrogen-bond donors (Lipinski definition) is 7. The molecule has 13 nitrogen and oxygen atoms in total. The highest BCUT2D eigenvalue weighted by Crippen LogP contribution is 2.29. The van der Waals surface area contributed by atoms with E-state index in [1.54, 1.807) is 0 Å². The molecule has 0 radical (unpaired) electrons. The van der Waals surface area contributed by atoms with Crippen molar-refractivity contribution < 1.29 is 64.2 Å². The van der Waals surface area contributed by atoms with Crippen LogP contribution in [0, 0.1) is 0 Å². The van der Waals surface area contributed by atoms with Crippen molar-refractivity contribution in [1.29, 1.82) is 0 Å². The number of ether oxygens (including phenoxy) is 6. The molecule has 0 saturated carbocycles. The summed E-state index contributed by atoms with van der Waals surface area (Å²) in [5.74, 6) is 0. The maximum atomic E-state index is 10.6. The number of rotatable bonds is 13. The van der Waals surface area contributed by atoms with E-state index in [4.69, 9.17) is 28.4 Å². The fraction of sp³-hybridized carbons (Fsp3) is 0.944. The van der Waals surface area contributed by atoms with Crippen molar-refractivity contribution in [3.8, 4) is 0 Å². The van der Waals surface area contributed by atoms with E-state index in [2.05, 4.69) is 12.2 Å². The van der Waals surface area contributed by atoms with Crippen molar-refractivity contribution in [2.45, 2.75) is 61.4 Å². The third-order valence-electron chi connectivity index (χ3n) is 5.03. The summed E-state index contributed by atoms with van der Waals surface area (Å²) in [5, 5.41) is 71.1. The predicted octanol–water partition coefficient (Wildman–Crippen LogP) is -4.34. The molecule has 10 atom stereocenters. The van der Waals surface area contributed by atoms with Crippen molar-refractivity contribution in [2.24, 2.45) is 0 Å². The van der Waals surface area contributed by atoms with E-state index >= 15 is 0 Å². The molecule has 0 aromatic rings. The summed E-state index contributed by atoms with van der Waals surface area (Å²) in [6.45, 7) is -0.210. The number of hydrogen-bond acceptors (Lipinski definition) is 14. The highest BCUT2D eigenvalue weighted by atomic mass is 32.1. The van der Waals surface area contributed by atoms with Gasteiger partial charge < -0.3 is 64.2 Å². The molecule has 2 aliphatic heterocycles. The molecule has 7 N–H and O–H groups in total. The van der Waals surface area contributed by atoms with E-state index < -0.39 is 74.6 Å². The highest BCUT2D eigenvalue weighted by Gasteiger charge is 2.50. The molecule has 2 rings (SSSR count). The van der Waals surface area contributed by atoms with E-state index in [0.717, 1.165) is 0 Å². The van der Waals surface area contributed by atoms with Crippen molar-refractivity contribution in [1.82, 2.24) is 0 Å². The summed E-state index contributed by atoms with van der Waals surface area (Å²) < 4.78 is 31.9. The van der Waals surface area contributed by atoms with Gasteiger partial charge in [0.2, 0.25) is 0 Å². The van der Waals surface area contributed by atoms with Crippen LogP contribution >= 0.6 is 12.2 Å². The second-order valence-corrected chi connectivity index (χ2v) is 7.56. The van der Waals surface area contributed by atoms with Crippen LogP contribution in [0.25, 0.3) is 0 Å². The largest absolute Gasteiger partial charge is 0.394 e. The fourth-order valence-corrected chi connectivity index (χ4v) is 3.36. The quantitative estimate of drug-likeness (QED) is 0.0970. The van der Waals surface area contributed by atoms with Crippen LogP contribution in [0.1, 0.15) is 0 Å². The number of thiocarbonyl (C=S) groups is 1. The molecule has 0 spiro atoms. The standard InChI is InChI=1S/C18H32O13S/c19-7-9-11(21)13(23)14(24)18(30-9)31-16-12(22)10(8-20)29-17(15(16)25)28-4-3-26-1-2-27-5-6-32/h6,9-25H,1-5,7-8H2/t9-,10-,11+,12+,13+,14-,15-,16+,17-,18-/m1/s1. The first-order valence-corrected chi connectivity index (χ1v) is 10.6. The van der Waals surface area contributed by atoms with Crippen LogP contribution in [0.5, 0.6) is 0 Å². The molecule has 2 saturated heterocycles. The van der Waals surface area contributed by atoms with Gasteiger partial charge in [0.1, 0.15) is 48.8 Å². The van der Waals surface area contributed by atoms with Gasteiger partial charge in [-0.3, -0.25) is 0 Å². The van der Waals surface area contributed by atoms with Gasteiger partial charge in [-0.1, -0.05) is 12.2 Å². The average molecular weight is 489 g/mol. The average Bonchev–Trinajstić information content (AvgIpc) is 2.79. The fourth-order valence-electron chi connectivity index (χ4n) is 3.26. The molecule has 32 heavy (non-hydrogen) atoms. The molecule has 2 fully saturated rings. The molecular formula is C18H32O13S. The second kappa shape index (κ2) is 14.1. The van der Waals surface area contributed by atoms with Crippen LogP contribution < -0.4 is 0 Å². The summed E-state index contributed by atoms with van der Waals surface area (Å²) in [7, 11) is 0. The minimum atomic E-state index is -1.74. The summed E-state index contributed by atoms with van der Waals surface area (Å²) >= 11 is 4.62. The van der Waals surface area contributed by atoms with Gasteiger partial charge in [-0.15, -0.1) is 0 Å². The topological polar surface area (TPSA) is 197 Å². The molecule has 14 heteroatoms. The Morgan fingerprint density at radius 1 is 0.688 bits per heavy atom. The van der Waals surface area contributed by atoms with Crippen molar-refractivity contribution in [3.63, 3.8) is 0 Å². The molecule has 0 aromatic carbocycles. The van der Waals surface area contributed by atoms with Crippen molar-refractivity contribution in [2.75, 3.05) is 46.2 Å². The lowest BCUT2D eigenvalue weighted by molar-refractivity contribution is -0.360. The third kappa shape index (κ3) is 7.28. The van der Waals surface area contributed by atoms with Crippen LogP contribution in [0.15, 0.2) is 0 Å². The van der Waals surface area contributed by atoms with Gasteiger partial charge in [-0.25, -0.2) is 0 Å². The Balaban J connectivity index is 1.92. The van der Waals surface area contributed by atoms with Crippen LogP contribution in [0.3, 0.4) is 0 Å². The van der Waals surface area contributed by atoms with Gasteiger partial charge in [0.25, 0.3) is 0 Å². The van der Waals surface area contributed by atoms with Crippen molar-refractivity contribution >= 4 is 17.6 Å². The second-order valence-electron chi connectivity index (χ2n) is 7.23. The third-order valence-corrected chi connectivity index (χ3v) is 5.17. The molecule has 0 aromatic heterocycles. The lowest BCUT2D eigenvalue weighted by Gasteiger charge is -2.45. The highest BCUT2D eigenvalue weighted by molar-refractivity contribution is 7.79. The van der Waals surface area contributed by atoms with E-state index in [1.165, 1.54) is 5.37 Å². The van der Waals surface area contributed by atoms with Gasteiger partial charge in [0, 0.05) is 5.37 Å². The van der Waals surface area contributed by atoms with Crippen molar-refractivity contribution in [3.05, 3.63) is 0 Å². The minimum Gasteiger partial charge on any atom is -0.394 e. The molecule has 0 bridgehead atoms. The molecule has 2 aliphatic rings. The molecular weight excluding hydrogens is 456 g/mol. The molecule has 0 unspecified atom stereocenters. The predicted molar refractivity (Wildman–Crippen MR) is 108 cm³/mol. The first-order valence-electron chi connectivity index (χ1n) is 10.1. The molecule has 2 heterocycles. The Bertz CT molecular complexity index is 541. The van der Waals surface area contributed by atoms with Crippen LogP contribution in [0.2, 0.25) is 0 Å². The maximum Gasteiger partial charge on any atom is 0.187 e. The zero-order valence-corrected chi connectivity index (χ0v) is 18.1. The molecule has 0 amide bonds. The summed E-state index contributed by atoms with van der Waals surface area (Å²) in [4.78, 5) is 0. The first kappa shape index (κ1) is 27.8. The Labute approximate surface area is 190 Å². The van der Waals surface area contributed by atoms with E-state index in [-0.39, 0.29) is 13.2 Å². The van der Waals surface area contributed by atoms with Gasteiger partial charge in [-0.05, 0) is 0 Å². The van der Waals surface area contributed by atoms with Gasteiger partial charge >= 0.3 is 0 Å². The van der Waals surface area contributed by atoms with E-state index in [9.17, 15) is 35.7 Å². The van der Waals surface area contributed by atoms with Gasteiger partial charge in [-0.2, -0.15) is 0 Å². The van der Waals surface area contributed by atoms with Gasteiger partial charge in [0.15, 0.2) is 12.6 Å². The van der Waals surface area contributed by atoms with Crippen LogP contribution in [-0.2, 0) is 28.4 Å². The van der Waals surface area contributed by atoms with E-state index in [0.29, 0.717) is 19.8 Å². The zero-order chi connectivity index (χ0) is 23.7. The Kier molecular flexibility index (Phi) is 12.2. The van der Waals surface area contributed by atoms with Gasteiger partial charge in [0.05, 0.1) is 46.2 Å². The zero-order valence-electron chi connectivity index (χ0n) is 17.3. The summed E-state index contributed by atoms with van der Waals surface area (Å²) in [6.07, 6.45) is -15.0. The Morgan fingerprint density at radius 2 is 1.28 bits per heavy atom. The summed E-state index contributed by atoms with van der Waals surface area (Å²) in [5.41, 5.74) is 0. The van der Waals surface area contributed by atoms with E-state index in [1.807, 2.05) is 0 Å². The smallest absolute Gasteiger partial charge is 0.187 e. The number of aliphatic hydroxyl groups excluding tert-OH is 7. The van der Waals surface area contributed by atoms with Crippen LogP contribution in [0.4, 0.5) is 0 Å². The lowest BCUT2D eigenvalue weighted by Crippen LogP contribution is -2.64. The SMILES string of the molecule is OC[C@H]1O[C@H](O[C@H]2[C@@H](O)[C@@H](CO)O[C@@H](OCCOCCOCC=S)[C@@H]2O)[C@H](O)[C@@H](O)[C@H]1O. The Morgan fingerprint density at radius 3 is 1.94 bits per heavy atom. The lowest BCUT2D eigenvalue weighted by atomic mass is 9.97. The monoisotopic (exact) mass is 488 g/mol. The molecule has 188 valence electrons. The molecule has 0 aliphatic carbocycles. The Hall–Kier alpha value is -0.430.